The first kappa shape index (κ1) is 15.2. The van der Waals surface area contributed by atoms with E-state index in [1.807, 2.05) is 12.1 Å². The molecule has 1 aromatic carbocycles. The zero-order valence-electron chi connectivity index (χ0n) is 13.1. The second-order valence-electron chi connectivity index (χ2n) is 5.38. The van der Waals surface area contributed by atoms with E-state index in [1.165, 1.54) is 0 Å². The minimum absolute atomic E-state index is 0.605. The molecule has 7 heteroatoms. The molecule has 1 aliphatic rings. The lowest BCUT2D eigenvalue weighted by Gasteiger charge is -2.33. The number of nitrogens with one attached hydrogen (secondary N) is 1. The summed E-state index contributed by atoms with van der Waals surface area (Å²) in [5, 5.41) is 20.3. The van der Waals surface area contributed by atoms with Crippen LogP contribution >= 0.6 is 0 Å². The minimum atomic E-state index is 0.605. The predicted octanol–water partition coefficient (Wildman–Crippen LogP) is 1.63. The Morgan fingerprint density at radius 2 is 2.09 bits per heavy atom. The third-order valence-corrected chi connectivity index (χ3v) is 3.91. The van der Waals surface area contributed by atoms with Crippen LogP contribution in [0.5, 0.6) is 0 Å². The zero-order chi connectivity index (χ0) is 16.1. The fourth-order valence-corrected chi connectivity index (χ4v) is 2.57. The van der Waals surface area contributed by atoms with Gasteiger partial charge < -0.3 is 15.1 Å². The van der Waals surface area contributed by atoms with Gasteiger partial charge in [0.1, 0.15) is 0 Å². The first-order valence-electron chi connectivity index (χ1n) is 7.72. The van der Waals surface area contributed by atoms with Crippen molar-refractivity contribution in [2.45, 2.75) is 6.92 Å². The summed E-state index contributed by atoms with van der Waals surface area (Å²) in [4.78, 5) is 9.09. The van der Waals surface area contributed by atoms with Crippen LogP contribution in [-0.2, 0) is 0 Å². The maximum Gasteiger partial charge on any atom is 0.247 e. The van der Waals surface area contributed by atoms with Crippen LogP contribution in [0.1, 0.15) is 12.5 Å². The molecule has 0 spiro atoms. The molecule has 0 amide bonds. The molecule has 0 atom stereocenters. The van der Waals surface area contributed by atoms with Gasteiger partial charge in [0.05, 0.1) is 17.8 Å². The number of aromatic nitrogens is 3. The number of hydrogen-bond donors (Lipinski definition) is 1. The summed E-state index contributed by atoms with van der Waals surface area (Å²) in [6.07, 6.45) is 1.59. The van der Waals surface area contributed by atoms with E-state index in [0.29, 0.717) is 17.3 Å². The highest BCUT2D eigenvalue weighted by molar-refractivity contribution is 5.58. The monoisotopic (exact) mass is 309 g/mol. The molecule has 23 heavy (non-hydrogen) atoms. The van der Waals surface area contributed by atoms with Crippen LogP contribution in [-0.4, -0.2) is 52.8 Å². The molecule has 0 aliphatic carbocycles. The minimum Gasteiger partial charge on any atom is -0.339 e. The van der Waals surface area contributed by atoms with Gasteiger partial charge in [0.2, 0.25) is 5.95 Å². The summed E-state index contributed by atoms with van der Waals surface area (Å²) in [5.41, 5.74) is 1.42. The Morgan fingerprint density at radius 3 is 2.83 bits per heavy atom. The number of anilines is 3. The molecule has 0 saturated carbocycles. The van der Waals surface area contributed by atoms with Crippen molar-refractivity contribution in [1.82, 2.24) is 20.1 Å². The van der Waals surface area contributed by atoms with E-state index in [4.69, 9.17) is 5.26 Å². The third kappa shape index (κ3) is 3.73. The van der Waals surface area contributed by atoms with Crippen molar-refractivity contribution < 1.29 is 0 Å². The van der Waals surface area contributed by atoms with Gasteiger partial charge in [0.25, 0.3) is 0 Å². The molecule has 1 fully saturated rings. The average molecular weight is 309 g/mol. The number of rotatable bonds is 4. The van der Waals surface area contributed by atoms with E-state index < -0.39 is 0 Å². The first-order valence-corrected chi connectivity index (χ1v) is 7.72. The van der Waals surface area contributed by atoms with E-state index >= 15 is 0 Å². The molecule has 1 N–H and O–H groups in total. The quantitative estimate of drug-likeness (QED) is 0.919. The van der Waals surface area contributed by atoms with E-state index in [2.05, 4.69) is 43.3 Å². The average Bonchev–Trinajstić information content (AvgIpc) is 2.62. The van der Waals surface area contributed by atoms with E-state index in [-0.39, 0.29) is 0 Å². The highest BCUT2D eigenvalue weighted by Gasteiger charge is 2.18. The molecule has 3 rings (SSSR count). The summed E-state index contributed by atoms with van der Waals surface area (Å²) in [6.45, 7) is 7.09. The van der Waals surface area contributed by atoms with Crippen LogP contribution in [0.15, 0.2) is 30.5 Å². The molecule has 118 valence electrons. The highest BCUT2D eigenvalue weighted by atomic mass is 15.4. The molecular formula is C16H19N7. The van der Waals surface area contributed by atoms with Crippen molar-refractivity contribution in [3.63, 3.8) is 0 Å². The maximum absolute atomic E-state index is 8.96. The second-order valence-corrected chi connectivity index (χ2v) is 5.38. The number of hydrogen-bond acceptors (Lipinski definition) is 7. The Hall–Kier alpha value is -2.72. The topological polar surface area (TPSA) is 81.0 Å². The van der Waals surface area contributed by atoms with Crippen molar-refractivity contribution >= 4 is 17.5 Å². The van der Waals surface area contributed by atoms with Crippen molar-refractivity contribution in [3.05, 3.63) is 36.0 Å². The molecule has 0 unspecified atom stereocenters. The smallest absolute Gasteiger partial charge is 0.247 e. The Labute approximate surface area is 135 Å². The summed E-state index contributed by atoms with van der Waals surface area (Å²) in [7, 11) is 0. The summed E-state index contributed by atoms with van der Waals surface area (Å²) in [6, 6.07) is 9.40. The van der Waals surface area contributed by atoms with Gasteiger partial charge in [-0.1, -0.05) is 13.0 Å². The van der Waals surface area contributed by atoms with Gasteiger partial charge in [-0.15, -0.1) is 5.10 Å². The molecule has 1 saturated heterocycles. The van der Waals surface area contributed by atoms with E-state index in [0.717, 1.165) is 38.4 Å². The van der Waals surface area contributed by atoms with Crippen LogP contribution in [0, 0.1) is 11.3 Å². The Balaban J connectivity index is 1.71. The molecule has 1 aliphatic heterocycles. The van der Waals surface area contributed by atoms with Crippen LogP contribution in [0.4, 0.5) is 17.5 Å². The van der Waals surface area contributed by atoms with Gasteiger partial charge in [-0.2, -0.15) is 15.3 Å². The third-order valence-electron chi connectivity index (χ3n) is 3.91. The van der Waals surface area contributed by atoms with Crippen molar-refractivity contribution in [3.8, 4) is 6.07 Å². The lowest BCUT2D eigenvalue weighted by atomic mass is 10.2. The first-order chi connectivity index (χ1) is 11.3. The van der Waals surface area contributed by atoms with E-state index in [1.54, 1.807) is 18.3 Å². The predicted molar refractivity (Wildman–Crippen MR) is 88.6 cm³/mol. The number of piperazine rings is 1. The number of likely N-dealkylation sites (N-methyl/N-ethyl adjacent to an activating group) is 1. The maximum atomic E-state index is 8.96. The van der Waals surface area contributed by atoms with Gasteiger partial charge in [-0.25, -0.2) is 0 Å². The number of nitriles is 1. The van der Waals surface area contributed by atoms with Gasteiger partial charge in [0, 0.05) is 31.9 Å². The Bertz CT molecular complexity index is 702. The standard InChI is InChI=1S/C16H19N7/c1-2-22-6-8-23(9-7-22)16-20-15(12-18-21-16)19-14-5-3-4-13(10-14)11-17/h3-5,10,12H,2,6-9H2,1H3,(H,19,20,21). The zero-order valence-corrected chi connectivity index (χ0v) is 13.1. The summed E-state index contributed by atoms with van der Waals surface area (Å²) in [5.74, 6) is 1.27. The lowest BCUT2D eigenvalue weighted by molar-refractivity contribution is 0.269. The lowest BCUT2D eigenvalue weighted by Crippen LogP contribution is -2.46. The van der Waals surface area contributed by atoms with Crippen LogP contribution < -0.4 is 10.2 Å². The van der Waals surface area contributed by atoms with Crippen molar-refractivity contribution in [1.29, 1.82) is 5.26 Å². The van der Waals surface area contributed by atoms with Crippen molar-refractivity contribution in [2.75, 3.05) is 42.9 Å². The van der Waals surface area contributed by atoms with Gasteiger partial charge >= 0.3 is 0 Å². The molecule has 7 nitrogen and oxygen atoms in total. The van der Waals surface area contributed by atoms with Gasteiger partial charge in [-0.05, 0) is 24.7 Å². The molecule has 0 radical (unpaired) electrons. The normalized spacial score (nSPS) is 15.2. The number of benzene rings is 1. The fourth-order valence-electron chi connectivity index (χ4n) is 2.57. The molecule has 1 aromatic heterocycles. The summed E-state index contributed by atoms with van der Waals surface area (Å²) >= 11 is 0. The Morgan fingerprint density at radius 1 is 1.26 bits per heavy atom. The molecule has 0 bridgehead atoms. The SMILES string of the molecule is CCN1CCN(c2nncc(Nc3cccc(C#N)c3)n2)CC1. The van der Waals surface area contributed by atoms with Crippen LogP contribution in [0.2, 0.25) is 0 Å². The largest absolute Gasteiger partial charge is 0.339 e. The van der Waals surface area contributed by atoms with Crippen LogP contribution in [0.3, 0.4) is 0 Å². The molecular weight excluding hydrogens is 290 g/mol. The Kier molecular flexibility index (Phi) is 4.64. The summed E-state index contributed by atoms with van der Waals surface area (Å²) < 4.78 is 0. The van der Waals surface area contributed by atoms with Gasteiger partial charge in [-0.3, -0.25) is 0 Å². The van der Waals surface area contributed by atoms with Gasteiger partial charge in [0.15, 0.2) is 5.82 Å². The van der Waals surface area contributed by atoms with Crippen LogP contribution in [0.25, 0.3) is 0 Å². The van der Waals surface area contributed by atoms with E-state index in [9.17, 15) is 0 Å². The fraction of sp³-hybridized carbons (Fsp3) is 0.375. The molecule has 2 aromatic rings. The molecule has 2 heterocycles. The number of nitrogens with zero attached hydrogens (tertiary/aromatic N) is 6. The highest BCUT2D eigenvalue weighted by Crippen LogP contribution is 2.17. The second kappa shape index (κ2) is 7.03. The van der Waals surface area contributed by atoms with Crippen molar-refractivity contribution in [2.24, 2.45) is 0 Å².